The molecule has 0 radical (unpaired) electrons. The van der Waals surface area contributed by atoms with Gasteiger partial charge in [0.15, 0.2) is 0 Å². The molecule has 0 aliphatic carbocycles. The summed E-state index contributed by atoms with van der Waals surface area (Å²) < 4.78 is 0.850. The first-order chi connectivity index (χ1) is 14.2. The van der Waals surface area contributed by atoms with Crippen molar-refractivity contribution in [1.82, 2.24) is 0 Å². The minimum atomic E-state index is -0.552. The highest BCUT2D eigenvalue weighted by Crippen LogP contribution is 2.53. The maximum absolute atomic E-state index is 13.4. The highest BCUT2D eigenvalue weighted by Gasteiger charge is 2.42. The van der Waals surface area contributed by atoms with Crippen LogP contribution in [-0.4, -0.2) is 10.8 Å². The number of amides is 1. The quantitative estimate of drug-likeness (QED) is 0.145. The third kappa shape index (κ3) is 3.30. The van der Waals surface area contributed by atoms with Gasteiger partial charge in [0, 0.05) is 29.3 Å². The molecule has 1 aliphatic rings. The van der Waals surface area contributed by atoms with Crippen LogP contribution in [0.25, 0.3) is 17.2 Å². The maximum atomic E-state index is 13.4. The number of carbonyl (C=O) groups excluding carboxylic acids is 1. The van der Waals surface area contributed by atoms with Crippen LogP contribution in [0.2, 0.25) is 0 Å². The highest BCUT2D eigenvalue weighted by molar-refractivity contribution is 7.80. The summed E-state index contributed by atoms with van der Waals surface area (Å²) in [4.78, 5) is 26.7. The van der Waals surface area contributed by atoms with Crippen molar-refractivity contribution in [1.29, 1.82) is 0 Å². The molecule has 0 spiro atoms. The summed E-state index contributed by atoms with van der Waals surface area (Å²) >= 11 is 5.61. The summed E-state index contributed by atoms with van der Waals surface area (Å²) in [7, 11) is 3.19. The average molecular weight is 455 g/mol. The van der Waals surface area contributed by atoms with Crippen LogP contribution in [-0.2, 0) is 10.3 Å². The normalized spacial score (nSPS) is 14.4. The van der Waals surface area contributed by atoms with Crippen molar-refractivity contribution in [3.63, 3.8) is 0 Å². The number of non-ortho nitro benzene ring substituents is 1. The Morgan fingerprint density at radius 3 is 2.53 bits per heavy atom. The number of benzene rings is 2. The van der Waals surface area contributed by atoms with Gasteiger partial charge in [-0.3, -0.25) is 19.8 Å². The van der Waals surface area contributed by atoms with Gasteiger partial charge in [0.05, 0.1) is 21.0 Å². The van der Waals surface area contributed by atoms with Crippen molar-refractivity contribution in [2.75, 3.05) is 4.90 Å². The number of hydrogen-bond donors (Lipinski definition) is 0. The van der Waals surface area contributed by atoms with Crippen molar-refractivity contribution in [2.45, 2.75) is 26.3 Å². The van der Waals surface area contributed by atoms with E-state index in [-0.39, 0.29) is 11.6 Å². The lowest BCUT2D eigenvalue weighted by Crippen LogP contribution is -2.47. The van der Waals surface area contributed by atoms with E-state index in [1.54, 1.807) is 38.9 Å². The van der Waals surface area contributed by atoms with Gasteiger partial charge in [-0.25, -0.2) is 0 Å². The average Bonchev–Trinajstić information content (AvgIpc) is 3.10. The van der Waals surface area contributed by atoms with Gasteiger partial charge in [-0.2, -0.15) is 0 Å². The van der Waals surface area contributed by atoms with E-state index in [1.165, 1.54) is 18.2 Å². The second-order valence-corrected chi connectivity index (χ2v) is 10.4. The lowest BCUT2D eigenvalue weighted by Gasteiger charge is -2.43. The van der Waals surface area contributed by atoms with Gasteiger partial charge in [-0.05, 0) is 50.1 Å². The summed E-state index contributed by atoms with van der Waals surface area (Å²) in [6, 6.07) is 12.1. The predicted molar refractivity (Wildman–Crippen MR) is 126 cm³/mol. The Kier molecular flexibility index (Phi) is 5.17. The molecule has 2 aromatic carbocycles. The fourth-order valence-electron chi connectivity index (χ4n) is 3.77. The molecular weight excluding hydrogens is 436 g/mol. The van der Waals surface area contributed by atoms with E-state index in [0.29, 0.717) is 0 Å². The summed E-state index contributed by atoms with van der Waals surface area (Å²) in [5.41, 5.74) is 4.13. The molecule has 152 valence electrons. The molecule has 30 heavy (non-hydrogen) atoms. The van der Waals surface area contributed by atoms with E-state index in [1.807, 2.05) is 43.9 Å². The molecule has 1 amide bonds. The van der Waals surface area contributed by atoms with Crippen LogP contribution in [0, 0.1) is 20.9 Å². The zero-order valence-electron chi connectivity index (χ0n) is 16.5. The van der Waals surface area contributed by atoms with Gasteiger partial charge in [0.1, 0.15) is 3.82 Å². The largest absolute Gasteiger partial charge is 0.297 e. The Morgan fingerprint density at radius 2 is 1.87 bits per heavy atom. The molecule has 2 heterocycles. The zero-order chi connectivity index (χ0) is 21.6. The van der Waals surface area contributed by atoms with E-state index in [2.05, 4.69) is 0 Å². The van der Waals surface area contributed by atoms with Crippen molar-refractivity contribution < 1.29 is 9.72 Å². The van der Waals surface area contributed by atoms with Crippen molar-refractivity contribution in [3.05, 3.63) is 78.5 Å². The molecule has 0 atom stereocenters. The second-order valence-electron chi connectivity index (χ2n) is 7.54. The maximum Gasteiger partial charge on any atom is 0.269 e. The first kappa shape index (κ1) is 20.6. The van der Waals surface area contributed by atoms with E-state index < -0.39 is 10.5 Å². The third-order valence-corrected chi connectivity index (χ3v) is 8.55. The van der Waals surface area contributed by atoms with Crippen molar-refractivity contribution in [2.24, 2.45) is 0 Å². The number of nitrogens with zero attached hydrogens (tertiary/aromatic N) is 2. The van der Waals surface area contributed by atoms with Crippen LogP contribution in [0.15, 0.2) is 48.5 Å². The van der Waals surface area contributed by atoms with Gasteiger partial charge < -0.3 is 0 Å². The molecule has 8 heteroatoms. The molecular formula is C22H18N2O3S3. The standard InChI is InChI=1S/C22H18N2O3S3/c1-13-5-4-6-16-18-20(29-30-21(18)28)22(2,3)23(19(13)16)17(25)12-9-14-7-10-15(11-8-14)24(26)27/h4-12H,1-3H3. The fourth-order valence-corrected chi connectivity index (χ4v) is 7.05. The lowest BCUT2D eigenvalue weighted by atomic mass is 9.86. The predicted octanol–water partition coefficient (Wildman–Crippen LogP) is 6.72. The van der Waals surface area contributed by atoms with Crippen LogP contribution in [0.5, 0.6) is 0 Å². The third-order valence-electron chi connectivity index (χ3n) is 5.22. The number of fused-ring (bicyclic) bond motifs is 3. The Balaban J connectivity index is 1.77. The van der Waals surface area contributed by atoms with E-state index in [4.69, 9.17) is 12.2 Å². The molecule has 4 rings (SSSR count). The number of carbonyl (C=O) groups is 1. The summed E-state index contributed by atoms with van der Waals surface area (Å²) in [5.74, 6) is -0.149. The number of para-hydroxylation sites is 1. The molecule has 0 saturated heterocycles. The minimum Gasteiger partial charge on any atom is -0.297 e. The second kappa shape index (κ2) is 7.54. The number of rotatable bonds is 3. The smallest absolute Gasteiger partial charge is 0.269 e. The van der Waals surface area contributed by atoms with Crippen LogP contribution < -0.4 is 4.90 Å². The summed E-state index contributed by atoms with van der Waals surface area (Å²) in [5, 5.41) is 10.8. The number of anilines is 1. The van der Waals surface area contributed by atoms with Crippen molar-refractivity contribution >= 4 is 56.3 Å². The molecule has 0 saturated carbocycles. The van der Waals surface area contributed by atoms with Crippen LogP contribution in [0.4, 0.5) is 11.4 Å². The van der Waals surface area contributed by atoms with Crippen molar-refractivity contribution in [3.8, 4) is 11.1 Å². The first-order valence-electron chi connectivity index (χ1n) is 9.22. The zero-order valence-corrected chi connectivity index (χ0v) is 19.0. The minimum absolute atomic E-state index is 0.0198. The molecule has 5 nitrogen and oxygen atoms in total. The first-order valence-corrected chi connectivity index (χ1v) is 11.8. The highest BCUT2D eigenvalue weighted by atomic mass is 32.9. The van der Waals surface area contributed by atoms with E-state index >= 15 is 0 Å². The molecule has 1 aromatic heterocycles. The number of aryl methyl sites for hydroxylation is 1. The lowest BCUT2D eigenvalue weighted by molar-refractivity contribution is -0.384. The fraction of sp³-hybridized carbons (Fsp3) is 0.182. The monoisotopic (exact) mass is 454 g/mol. The van der Waals surface area contributed by atoms with Gasteiger partial charge in [0.2, 0.25) is 0 Å². The van der Waals surface area contributed by atoms with Gasteiger partial charge >= 0.3 is 0 Å². The summed E-state index contributed by atoms with van der Waals surface area (Å²) in [6.45, 7) is 6.08. The molecule has 0 N–H and O–H groups in total. The number of nitro benzene ring substituents is 1. The molecule has 0 unspecified atom stereocenters. The number of hydrogen-bond acceptors (Lipinski definition) is 6. The van der Waals surface area contributed by atoms with Crippen LogP contribution in [0.3, 0.4) is 0 Å². The Bertz CT molecular complexity index is 1250. The molecule has 0 bridgehead atoms. The summed E-state index contributed by atoms with van der Waals surface area (Å²) in [6.07, 6.45) is 3.21. The SMILES string of the molecule is Cc1cccc2c1N(C(=O)C=Cc1ccc([N+](=O)[O-])cc1)C(C)(C)c1ssc(=S)c1-2. The van der Waals surface area contributed by atoms with Gasteiger partial charge in [-0.15, -0.1) is 0 Å². The topological polar surface area (TPSA) is 63.5 Å². The Hall–Kier alpha value is -2.68. The van der Waals surface area contributed by atoms with E-state index in [9.17, 15) is 14.9 Å². The van der Waals surface area contributed by atoms with Crippen LogP contribution >= 0.6 is 32.9 Å². The van der Waals surface area contributed by atoms with Crippen LogP contribution in [0.1, 0.15) is 29.9 Å². The number of nitro groups is 1. The Morgan fingerprint density at radius 1 is 1.17 bits per heavy atom. The molecule has 1 aliphatic heterocycles. The van der Waals surface area contributed by atoms with E-state index in [0.717, 1.165) is 36.6 Å². The Labute approximate surface area is 186 Å². The van der Waals surface area contributed by atoms with Gasteiger partial charge in [0.25, 0.3) is 11.6 Å². The molecule has 3 aromatic rings. The van der Waals surface area contributed by atoms with Gasteiger partial charge in [-0.1, -0.05) is 51.1 Å². The molecule has 0 fully saturated rings.